The summed E-state index contributed by atoms with van der Waals surface area (Å²) in [6, 6.07) is 9.40. The highest BCUT2D eigenvalue weighted by molar-refractivity contribution is 5.97. The van der Waals surface area contributed by atoms with Gasteiger partial charge in [-0.3, -0.25) is 4.79 Å². The van der Waals surface area contributed by atoms with Gasteiger partial charge in [-0.15, -0.1) is 5.10 Å². The van der Waals surface area contributed by atoms with E-state index in [1.165, 1.54) is 6.20 Å². The molecule has 2 aromatic rings. The van der Waals surface area contributed by atoms with E-state index in [0.29, 0.717) is 25.2 Å². The molecular formula is C18H22N4O3. The lowest BCUT2D eigenvalue weighted by Crippen LogP contribution is -2.36. The van der Waals surface area contributed by atoms with Gasteiger partial charge in [-0.1, -0.05) is 23.4 Å². The van der Waals surface area contributed by atoms with Crippen molar-refractivity contribution < 1.29 is 14.3 Å². The van der Waals surface area contributed by atoms with E-state index in [-0.39, 0.29) is 17.8 Å². The van der Waals surface area contributed by atoms with Crippen molar-refractivity contribution in [2.45, 2.75) is 32.8 Å². The number of para-hydroxylation sites is 1. The fourth-order valence-corrected chi connectivity index (χ4v) is 2.84. The molecule has 7 nitrogen and oxygen atoms in total. The molecule has 1 aromatic heterocycles. The zero-order valence-corrected chi connectivity index (χ0v) is 14.7. The molecule has 1 aliphatic heterocycles. The third-order valence-corrected chi connectivity index (χ3v) is 4.01. The topological polar surface area (TPSA) is 77.3 Å². The van der Waals surface area contributed by atoms with Gasteiger partial charge in [0.2, 0.25) is 0 Å². The van der Waals surface area contributed by atoms with Crippen molar-refractivity contribution in [3.63, 3.8) is 0 Å². The van der Waals surface area contributed by atoms with Gasteiger partial charge in [0.15, 0.2) is 5.78 Å². The Morgan fingerprint density at radius 3 is 2.60 bits per heavy atom. The van der Waals surface area contributed by atoms with Crippen molar-refractivity contribution in [1.82, 2.24) is 19.9 Å². The van der Waals surface area contributed by atoms with E-state index < -0.39 is 5.60 Å². The number of Topliss-reactive ketones (excluding diaryl/α,β-unsaturated/α-hetero) is 1. The highest BCUT2D eigenvalue weighted by atomic mass is 16.6. The van der Waals surface area contributed by atoms with Gasteiger partial charge in [-0.05, 0) is 39.3 Å². The molecule has 1 amide bonds. The molecule has 0 spiro atoms. The van der Waals surface area contributed by atoms with Crippen molar-refractivity contribution in [1.29, 1.82) is 0 Å². The molecule has 3 rings (SSSR count). The summed E-state index contributed by atoms with van der Waals surface area (Å²) in [6.07, 6.45) is 1.71. The summed E-state index contributed by atoms with van der Waals surface area (Å²) in [6.45, 7) is 6.35. The summed E-state index contributed by atoms with van der Waals surface area (Å²) in [7, 11) is 0. The number of carbonyl (C=O) groups is 2. The molecule has 0 N–H and O–H groups in total. The van der Waals surface area contributed by atoms with Crippen LogP contribution in [-0.4, -0.2) is 50.5 Å². The second kappa shape index (κ2) is 6.66. The third kappa shape index (κ3) is 3.87. The van der Waals surface area contributed by atoms with E-state index >= 15 is 0 Å². The molecule has 1 atom stereocenters. The van der Waals surface area contributed by atoms with Crippen molar-refractivity contribution in [2.24, 2.45) is 5.92 Å². The molecule has 7 heteroatoms. The Morgan fingerprint density at radius 2 is 1.92 bits per heavy atom. The van der Waals surface area contributed by atoms with E-state index in [4.69, 9.17) is 4.74 Å². The van der Waals surface area contributed by atoms with Gasteiger partial charge < -0.3 is 9.64 Å². The van der Waals surface area contributed by atoms with Crippen molar-refractivity contribution >= 4 is 11.9 Å². The summed E-state index contributed by atoms with van der Waals surface area (Å²) >= 11 is 0. The average Bonchev–Trinajstić information content (AvgIpc) is 3.23. The van der Waals surface area contributed by atoms with E-state index in [2.05, 4.69) is 10.3 Å². The van der Waals surface area contributed by atoms with E-state index in [1.54, 1.807) is 9.58 Å². The molecule has 1 fully saturated rings. The molecule has 0 bridgehead atoms. The van der Waals surface area contributed by atoms with Crippen LogP contribution in [0.15, 0.2) is 36.5 Å². The maximum atomic E-state index is 12.9. The van der Waals surface area contributed by atoms with Gasteiger partial charge in [0.25, 0.3) is 0 Å². The molecule has 2 heterocycles. The number of amides is 1. The molecule has 0 aliphatic carbocycles. The van der Waals surface area contributed by atoms with Gasteiger partial charge in [0.1, 0.15) is 11.3 Å². The number of ketones is 1. The molecule has 1 unspecified atom stereocenters. The number of aromatic nitrogens is 3. The van der Waals surface area contributed by atoms with Gasteiger partial charge in [0.05, 0.1) is 11.9 Å². The van der Waals surface area contributed by atoms with Crippen molar-refractivity contribution in [3.05, 3.63) is 42.2 Å². The van der Waals surface area contributed by atoms with Gasteiger partial charge in [-0.2, -0.15) is 0 Å². The third-order valence-electron chi connectivity index (χ3n) is 4.01. The number of likely N-dealkylation sites (tertiary alicyclic amines) is 1. The Morgan fingerprint density at radius 1 is 1.20 bits per heavy atom. The second-order valence-corrected chi connectivity index (χ2v) is 7.14. The number of hydrogen-bond donors (Lipinski definition) is 0. The van der Waals surface area contributed by atoms with Crippen LogP contribution in [0.5, 0.6) is 0 Å². The minimum atomic E-state index is -0.547. The lowest BCUT2D eigenvalue weighted by molar-refractivity contribution is 0.0289. The van der Waals surface area contributed by atoms with Crippen LogP contribution in [0, 0.1) is 5.92 Å². The second-order valence-electron chi connectivity index (χ2n) is 7.14. The molecule has 25 heavy (non-hydrogen) atoms. The molecule has 0 saturated carbocycles. The normalized spacial score (nSPS) is 17.6. The molecular weight excluding hydrogens is 320 g/mol. The first-order valence-electron chi connectivity index (χ1n) is 8.33. The predicted molar refractivity (Wildman–Crippen MR) is 91.6 cm³/mol. The van der Waals surface area contributed by atoms with Crippen molar-refractivity contribution in [2.75, 3.05) is 13.1 Å². The standard InChI is InChI=1S/C18H22N4O3/c1-18(2,3)25-17(24)21-10-9-13(12-21)16(23)15-11-19-20-22(15)14-7-5-4-6-8-14/h4-8,11,13H,9-10,12H2,1-3H3. The first-order chi connectivity index (χ1) is 11.8. The van der Waals surface area contributed by atoms with E-state index in [9.17, 15) is 9.59 Å². The molecule has 132 valence electrons. The smallest absolute Gasteiger partial charge is 0.410 e. The highest BCUT2D eigenvalue weighted by Crippen LogP contribution is 2.23. The molecule has 1 aromatic carbocycles. The molecule has 1 saturated heterocycles. The lowest BCUT2D eigenvalue weighted by Gasteiger charge is -2.24. The number of hydrogen-bond acceptors (Lipinski definition) is 5. The Bertz CT molecular complexity index is 764. The summed E-state index contributed by atoms with van der Waals surface area (Å²) < 4.78 is 6.92. The molecule has 1 aliphatic rings. The van der Waals surface area contributed by atoms with Crippen LogP contribution in [0.25, 0.3) is 5.69 Å². The zero-order valence-electron chi connectivity index (χ0n) is 14.7. The summed E-state index contributed by atoms with van der Waals surface area (Å²) in [5.41, 5.74) is 0.669. The van der Waals surface area contributed by atoms with E-state index in [0.717, 1.165) is 5.69 Å². The number of rotatable bonds is 3. The Kier molecular flexibility index (Phi) is 4.57. The van der Waals surface area contributed by atoms with Gasteiger partial charge in [-0.25, -0.2) is 9.48 Å². The monoisotopic (exact) mass is 342 g/mol. The van der Waals surface area contributed by atoms with Crippen LogP contribution in [0.1, 0.15) is 37.7 Å². The first kappa shape index (κ1) is 17.1. The Hall–Kier alpha value is -2.70. The highest BCUT2D eigenvalue weighted by Gasteiger charge is 2.35. The molecule has 0 radical (unpaired) electrons. The minimum Gasteiger partial charge on any atom is -0.444 e. The largest absolute Gasteiger partial charge is 0.444 e. The quantitative estimate of drug-likeness (QED) is 0.802. The maximum absolute atomic E-state index is 12.9. The predicted octanol–water partition coefficient (Wildman–Crippen LogP) is 2.71. The summed E-state index contributed by atoms with van der Waals surface area (Å²) in [4.78, 5) is 26.6. The van der Waals surface area contributed by atoms with Crippen LogP contribution in [0.3, 0.4) is 0 Å². The zero-order chi connectivity index (χ0) is 18.0. The lowest BCUT2D eigenvalue weighted by atomic mass is 10.0. The summed E-state index contributed by atoms with van der Waals surface area (Å²) in [5, 5.41) is 7.90. The SMILES string of the molecule is CC(C)(C)OC(=O)N1CCC(C(=O)c2cnnn2-c2ccccc2)C1. The summed E-state index contributed by atoms with van der Waals surface area (Å²) in [5.74, 6) is -0.326. The number of carbonyl (C=O) groups excluding carboxylic acids is 2. The van der Waals surface area contributed by atoms with Gasteiger partial charge in [0, 0.05) is 19.0 Å². The Labute approximate surface area is 146 Å². The van der Waals surface area contributed by atoms with Crippen molar-refractivity contribution in [3.8, 4) is 5.69 Å². The Balaban J connectivity index is 1.72. The minimum absolute atomic E-state index is 0.0556. The van der Waals surface area contributed by atoms with Crippen LogP contribution in [0.2, 0.25) is 0 Å². The maximum Gasteiger partial charge on any atom is 0.410 e. The fourth-order valence-electron chi connectivity index (χ4n) is 2.84. The van der Waals surface area contributed by atoms with E-state index in [1.807, 2.05) is 51.1 Å². The van der Waals surface area contributed by atoms with Crippen LogP contribution in [0.4, 0.5) is 4.79 Å². The van der Waals surface area contributed by atoms with Crippen LogP contribution < -0.4 is 0 Å². The number of benzene rings is 1. The number of nitrogens with zero attached hydrogens (tertiary/aromatic N) is 4. The average molecular weight is 342 g/mol. The number of ether oxygens (including phenoxy) is 1. The van der Waals surface area contributed by atoms with Crippen LogP contribution >= 0.6 is 0 Å². The van der Waals surface area contributed by atoms with Crippen LogP contribution in [-0.2, 0) is 4.74 Å². The first-order valence-corrected chi connectivity index (χ1v) is 8.33. The fraction of sp³-hybridized carbons (Fsp3) is 0.444. The van der Waals surface area contributed by atoms with Gasteiger partial charge >= 0.3 is 6.09 Å².